The van der Waals surface area contributed by atoms with Gasteiger partial charge < -0.3 is 20.7 Å². The summed E-state index contributed by atoms with van der Waals surface area (Å²) < 4.78 is 5.39. The van der Waals surface area contributed by atoms with Crippen LogP contribution in [0.2, 0.25) is 0 Å². The van der Waals surface area contributed by atoms with Crippen molar-refractivity contribution in [3.05, 3.63) is 65.5 Å². The quantitative estimate of drug-likeness (QED) is 0.570. The minimum atomic E-state index is -0.548. The molecule has 1 atom stereocenters. The Hall–Kier alpha value is -4.01. The maximum Gasteiger partial charge on any atom is 0.311 e. The van der Waals surface area contributed by atoms with Gasteiger partial charge in [0.15, 0.2) is 12.4 Å². The molecule has 9 nitrogen and oxygen atoms in total. The van der Waals surface area contributed by atoms with Crippen LogP contribution in [-0.2, 0) is 20.9 Å². The maximum atomic E-state index is 12.6. The average molecular weight is 432 g/mol. The minimum absolute atomic E-state index is 0.0160. The molecule has 0 spiro atoms. The van der Waals surface area contributed by atoms with Crippen LogP contribution < -0.4 is 16.0 Å². The van der Waals surface area contributed by atoms with Crippen molar-refractivity contribution in [3.63, 3.8) is 0 Å². The summed E-state index contributed by atoms with van der Waals surface area (Å²) in [6, 6.07) is 15.3. The molecule has 164 valence electrons. The summed E-state index contributed by atoms with van der Waals surface area (Å²) in [6.45, 7) is 4.09. The van der Waals surface area contributed by atoms with Crippen LogP contribution in [0.15, 0.2) is 48.5 Å². The summed E-state index contributed by atoms with van der Waals surface area (Å²) in [4.78, 5) is 38.9. The highest BCUT2D eigenvalue weighted by molar-refractivity contribution is 5.99. The molecule has 1 aliphatic heterocycles. The highest BCUT2D eigenvalue weighted by Crippen LogP contribution is 2.26. The second-order valence-corrected chi connectivity index (χ2v) is 7.77. The topological polar surface area (TPSA) is 123 Å². The molecule has 1 aliphatic rings. The van der Waals surface area contributed by atoms with Crippen LogP contribution in [-0.4, -0.2) is 33.4 Å². The first-order chi connectivity index (χ1) is 15.4. The monoisotopic (exact) mass is 432 g/mol. The van der Waals surface area contributed by atoms with E-state index in [0.29, 0.717) is 0 Å². The molecular formula is C23H24N6O3. The Morgan fingerprint density at radius 1 is 1.06 bits per heavy atom. The summed E-state index contributed by atoms with van der Waals surface area (Å²) in [5, 5.41) is 3.05. The summed E-state index contributed by atoms with van der Waals surface area (Å²) >= 11 is 0. The standard InChI is InChI=1S/C23H24N6O3/c1-14-3-7-17(8-4-14)25-23-27-19(26-22(24)28-23)13-32-21(31)16-11-20(30)29(12-16)18-9-5-15(2)6-10-18/h3-10,16H,11-13H2,1-2H3,(H3,24,25,26,27,28)/t16-/m1/s1. The third-order valence-electron chi connectivity index (χ3n) is 5.15. The molecule has 1 saturated heterocycles. The Labute approximate surface area is 185 Å². The molecule has 0 saturated carbocycles. The van der Waals surface area contributed by atoms with E-state index >= 15 is 0 Å². The highest BCUT2D eigenvalue weighted by atomic mass is 16.5. The Morgan fingerprint density at radius 3 is 2.41 bits per heavy atom. The molecular weight excluding hydrogens is 408 g/mol. The zero-order valence-electron chi connectivity index (χ0n) is 17.9. The summed E-state index contributed by atoms with van der Waals surface area (Å²) in [7, 11) is 0. The van der Waals surface area contributed by atoms with Crippen LogP contribution in [0.1, 0.15) is 23.4 Å². The van der Waals surface area contributed by atoms with Crippen molar-refractivity contribution in [1.82, 2.24) is 15.0 Å². The van der Waals surface area contributed by atoms with Gasteiger partial charge in [-0.05, 0) is 38.1 Å². The van der Waals surface area contributed by atoms with Crippen LogP contribution in [0.25, 0.3) is 0 Å². The van der Waals surface area contributed by atoms with Gasteiger partial charge in [-0.3, -0.25) is 9.59 Å². The number of ether oxygens (including phenoxy) is 1. The zero-order chi connectivity index (χ0) is 22.7. The number of nitrogens with one attached hydrogen (secondary N) is 1. The number of anilines is 4. The van der Waals surface area contributed by atoms with Crippen molar-refractivity contribution in [1.29, 1.82) is 0 Å². The molecule has 2 aromatic carbocycles. The number of hydrogen-bond acceptors (Lipinski definition) is 8. The van der Waals surface area contributed by atoms with E-state index in [1.54, 1.807) is 4.90 Å². The predicted octanol–water partition coefficient (Wildman–Crippen LogP) is 2.91. The number of hydrogen-bond donors (Lipinski definition) is 2. The van der Waals surface area contributed by atoms with Crippen molar-refractivity contribution in [3.8, 4) is 0 Å². The van der Waals surface area contributed by atoms with Gasteiger partial charge in [0.25, 0.3) is 0 Å². The molecule has 0 radical (unpaired) electrons. The van der Waals surface area contributed by atoms with Crippen LogP contribution in [0.3, 0.4) is 0 Å². The number of carbonyl (C=O) groups excluding carboxylic acids is 2. The molecule has 1 aromatic heterocycles. The first-order valence-electron chi connectivity index (χ1n) is 10.2. The molecule has 1 amide bonds. The minimum Gasteiger partial charge on any atom is -0.457 e. The van der Waals surface area contributed by atoms with E-state index < -0.39 is 11.9 Å². The largest absolute Gasteiger partial charge is 0.457 e. The van der Waals surface area contributed by atoms with Gasteiger partial charge in [-0.1, -0.05) is 35.4 Å². The summed E-state index contributed by atoms with van der Waals surface area (Å²) in [5.41, 5.74) is 9.58. The smallest absolute Gasteiger partial charge is 0.311 e. The van der Waals surface area contributed by atoms with E-state index in [1.807, 2.05) is 62.4 Å². The van der Waals surface area contributed by atoms with Gasteiger partial charge in [-0.2, -0.15) is 15.0 Å². The van der Waals surface area contributed by atoms with Gasteiger partial charge in [0.05, 0.1) is 5.92 Å². The fourth-order valence-corrected chi connectivity index (χ4v) is 3.42. The molecule has 4 rings (SSSR count). The van der Waals surface area contributed by atoms with E-state index in [9.17, 15) is 9.59 Å². The average Bonchev–Trinajstić information content (AvgIpc) is 3.15. The zero-order valence-corrected chi connectivity index (χ0v) is 17.9. The first-order valence-corrected chi connectivity index (χ1v) is 10.2. The van der Waals surface area contributed by atoms with Crippen LogP contribution in [0.5, 0.6) is 0 Å². The van der Waals surface area contributed by atoms with Gasteiger partial charge in [-0.15, -0.1) is 0 Å². The Kier molecular flexibility index (Phi) is 5.98. The van der Waals surface area contributed by atoms with E-state index in [4.69, 9.17) is 10.5 Å². The van der Waals surface area contributed by atoms with E-state index in [-0.39, 0.29) is 43.2 Å². The Bertz CT molecular complexity index is 1130. The van der Waals surface area contributed by atoms with Gasteiger partial charge in [0, 0.05) is 24.3 Å². The highest BCUT2D eigenvalue weighted by Gasteiger charge is 2.36. The SMILES string of the molecule is Cc1ccc(Nc2nc(N)nc(COC(=O)[C@@H]3CC(=O)N(c4ccc(C)cc4)C3)n2)cc1. The van der Waals surface area contributed by atoms with Crippen molar-refractivity contribution in [2.75, 3.05) is 22.5 Å². The lowest BCUT2D eigenvalue weighted by Gasteiger charge is -2.16. The number of nitrogens with two attached hydrogens (primary N) is 1. The molecule has 0 unspecified atom stereocenters. The lowest BCUT2D eigenvalue weighted by atomic mass is 10.1. The number of rotatable bonds is 6. The summed E-state index contributed by atoms with van der Waals surface area (Å²) in [5.74, 6) is -0.630. The predicted molar refractivity (Wildman–Crippen MR) is 120 cm³/mol. The fraction of sp³-hybridized carbons (Fsp3) is 0.261. The third kappa shape index (κ3) is 5.00. The normalized spacial score (nSPS) is 15.6. The van der Waals surface area contributed by atoms with Gasteiger partial charge >= 0.3 is 5.97 Å². The molecule has 32 heavy (non-hydrogen) atoms. The number of nitrogen functional groups attached to an aromatic ring is 1. The Balaban J connectivity index is 1.37. The fourth-order valence-electron chi connectivity index (χ4n) is 3.42. The number of aromatic nitrogens is 3. The van der Waals surface area contributed by atoms with Crippen molar-refractivity contribution >= 4 is 35.1 Å². The van der Waals surface area contributed by atoms with Crippen molar-refractivity contribution in [2.24, 2.45) is 5.92 Å². The number of esters is 1. The lowest BCUT2D eigenvalue weighted by molar-refractivity contribution is -0.149. The van der Waals surface area contributed by atoms with Crippen LogP contribution in [0, 0.1) is 19.8 Å². The second-order valence-electron chi connectivity index (χ2n) is 7.77. The molecule has 0 bridgehead atoms. The molecule has 1 fully saturated rings. The first kappa shape index (κ1) is 21.2. The van der Waals surface area contributed by atoms with Gasteiger partial charge in [0.1, 0.15) is 0 Å². The molecule has 0 aliphatic carbocycles. The van der Waals surface area contributed by atoms with Crippen molar-refractivity contribution in [2.45, 2.75) is 26.9 Å². The molecule has 9 heteroatoms. The number of benzene rings is 2. The van der Waals surface area contributed by atoms with E-state index in [2.05, 4.69) is 20.3 Å². The number of nitrogens with zero attached hydrogens (tertiary/aromatic N) is 4. The lowest BCUT2D eigenvalue weighted by Crippen LogP contribution is -2.26. The van der Waals surface area contributed by atoms with Gasteiger partial charge in [-0.25, -0.2) is 0 Å². The molecule has 3 aromatic rings. The second kappa shape index (κ2) is 9.01. The van der Waals surface area contributed by atoms with Crippen molar-refractivity contribution < 1.29 is 14.3 Å². The van der Waals surface area contributed by atoms with E-state index in [0.717, 1.165) is 22.5 Å². The summed E-state index contributed by atoms with van der Waals surface area (Å²) in [6.07, 6.45) is 0.103. The van der Waals surface area contributed by atoms with Crippen LogP contribution in [0.4, 0.5) is 23.3 Å². The van der Waals surface area contributed by atoms with Gasteiger partial charge in [0.2, 0.25) is 17.8 Å². The number of amides is 1. The van der Waals surface area contributed by atoms with E-state index in [1.165, 1.54) is 0 Å². The number of carbonyl (C=O) groups is 2. The third-order valence-corrected chi connectivity index (χ3v) is 5.15. The molecule has 2 heterocycles. The van der Waals surface area contributed by atoms with Crippen LogP contribution >= 0.6 is 0 Å². The Morgan fingerprint density at radius 2 is 1.72 bits per heavy atom. The number of aryl methyl sites for hydroxylation is 2. The molecule has 3 N–H and O–H groups in total. The maximum absolute atomic E-state index is 12.6.